The van der Waals surface area contributed by atoms with Crippen LogP contribution in [0, 0.1) is 5.82 Å². The number of para-hydroxylation sites is 2. The number of benzene rings is 2. The van der Waals surface area contributed by atoms with Crippen LogP contribution in [0.25, 0.3) is 0 Å². The smallest absolute Gasteiger partial charge is 0.229 e. The van der Waals surface area contributed by atoms with E-state index in [1.807, 2.05) is 0 Å². The quantitative estimate of drug-likeness (QED) is 0.843. The first kappa shape index (κ1) is 15.8. The van der Waals surface area contributed by atoms with Crippen molar-refractivity contribution in [2.45, 2.75) is 6.54 Å². The van der Waals surface area contributed by atoms with E-state index in [4.69, 9.17) is 0 Å². The Morgan fingerprint density at radius 2 is 1.81 bits per heavy atom. The molecule has 0 amide bonds. The normalized spacial score (nSPS) is 11.2. The maximum atomic E-state index is 13.2. The van der Waals surface area contributed by atoms with Gasteiger partial charge < -0.3 is 5.32 Å². The average molecular weight is 373 g/mol. The molecule has 0 bridgehead atoms. The third-order valence-electron chi connectivity index (χ3n) is 2.69. The van der Waals surface area contributed by atoms with Gasteiger partial charge >= 0.3 is 0 Å². The van der Waals surface area contributed by atoms with E-state index in [1.165, 1.54) is 6.07 Å². The van der Waals surface area contributed by atoms with Crippen LogP contribution in [0.5, 0.6) is 0 Å². The second kappa shape index (κ2) is 6.44. The molecule has 0 aliphatic carbocycles. The molecule has 112 valence electrons. The summed E-state index contributed by atoms with van der Waals surface area (Å²) >= 11 is 3.13. The number of halogens is 2. The summed E-state index contributed by atoms with van der Waals surface area (Å²) in [6.07, 6.45) is 1.10. The molecular formula is C14H14BrFN2O2S. The zero-order valence-corrected chi connectivity index (χ0v) is 13.6. The Kier molecular flexibility index (Phi) is 4.84. The molecule has 0 radical (unpaired) electrons. The summed E-state index contributed by atoms with van der Waals surface area (Å²) in [7, 11) is -3.34. The Morgan fingerprint density at radius 3 is 2.43 bits per heavy atom. The van der Waals surface area contributed by atoms with Crippen molar-refractivity contribution in [3.63, 3.8) is 0 Å². The van der Waals surface area contributed by atoms with Crippen molar-refractivity contribution < 1.29 is 12.8 Å². The molecule has 0 aromatic heterocycles. The van der Waals surface area contributed by atoms with E-state index >= 15 is 0 Å². The van der Waals surface area contributed by atoms with E-state index in [0.717, 1.165) is 11.8 Å². The van der Waals surface area contributed by atoms with Crippen LogP contribution in [-0.4, -0.2) is 14.7 Å². The highest BCUT2D eigenvalue weighted by molar-refractivity contribution is 9.10. The highest BCUT2D eigenvalue weighted by Crippen LogP contribution is 2.23. The molecule has 0 aliphatic heterocycles. The standard InChI is InChI=1S/C14H14BrFN2O2S/c1-21(19,20)18-14-5-3-2-4-13(14)17-9-10-6-7-12(16)11(15)8-10/h2-8,17-18H,9H2,1H3. The lowest BCUT2D eigenvalue weighted by Gasteiger charge is -2.13. The fourth-order valence-electron chi connectivity index (χ4n) is 1.77. The van der Waals surface area contributed by atoms with Gasteiger partial charge in [-0.3, -0.25) is 4.72 Å². The maximum Gasteiger partial charge on any atom is 0.229 e. The first-order valence-electron chi connectivity index (χ1n) is 6.10. The Hall–Kier alpha value is -1.60. The van der Waals surface area contributed by atoms with Gasteiger partial charge in [-0.1, -0.05) is 18.2 Å². The van der Waals surface area contributed by atoms with Gasteiger partial charge in [-0.2, -0.15) is 0 Å². The van der Waals surface area contributed by atoms with Crippen LogP contribution in [0.3, 0.4) is 0 Å². The molecule has 0 heterocycles. The molecular weight excluding hydrogens is 359 g/mol. The van der Waals surface area contributed by atoms with E-state index in [9.17, 15) is 12.8 Å². The molecule has 2 aromatic carbocycles. The van der Waals surface area contributed by atoms with Crippen molar-refractivity contribution >= 4 is 37.3 Å². The van der Waals surface area contributed by atoms with Gasteiger partial charge in [-0.05, 0) is 45.8 Å². The van der Waals surface area contributed by atoms with Crippen LogP contribution >= 0.6 is 15.9 Å². The molecule has 4 nitrogen and oxygen atoms in total. The molecule has 0 saturated heterocycles. The Morgan fingerprint density at radius 1 is 1.14 bits per heavy atom. The van der Waals surface area contributed by atoms with E-state index in [0.29, 0.717) is 22.4 Å². The SMILES string of the molecule is CS(=O)(=O)Nc1ccccc1NCc1ccc(F)c(Br)c1. The lowest BCUT2D eigenvalue weighted by molar-refractivity contribution is 0.606. The number of anilines is 2. The van der Waals surface area contributed by atoms with E-state index < -0.39 is 10.0 Å². The molecule has 0 saturated carbocycles. The summed E-state index contributed by atoms with van der Waals surface area (Å²) in [6, 6.07) is 11.7. The third-order valence-corrected chi connectivity index (χ3v) is 3.89. The van der Waals surface area contributed by atoms with Gasteiger partial charge in [-0.25, -0.2) is 12.8 Å². The van der Waals surface area contributed by atoms with Gasteiger partial charge in [-0.15, -0.1) is 0 Å². The number of hydrogen-bond donors (Lipinski definition) is 2. The highest BCUT2D eigenvalue weighted by atomic mass is 79.9. The monoisotopic (exact) mass is 372 g/mol. The zero-order chi connectivity index (χ0) is 15.5. The highest BCUT2D eigenvalue weighted by Gasteiger charge is 2.07. The molecule has 2 N–H and O–H groups in total. The summed E-state index contributed by atoms with van der Waals surface area (Å²) < 4.78 is 38.7. The minimum absolute atomic E-state index is 0.321. The van der Waals surface area contributed by atoms with Gasteiger partial charge in [0.05, 0.1) is 22.1 Å². The van der Waals surface area contributed by atoms with Crippen LogP contribution in [0.2, 0.25) is 0 Å². The number of nitrogens with one attached hydrogen (secondary N) is 2. The molecule has 0 spiro atoms. The summed E-state index contributed by atoms with van der Waals surface area (Å²) in [5.41, 5.74) is 2.00. The van der Waals surface area contributed by atoms with E-state index in [1.54, 1.807) is 36.4 Å². The number of hydrogen-bond acceptors (Lipinski definition) is 3. The lowest BCUT2D eigenvalue weighted by atomic mass is 10.2. The largest absolute Gasteiger partial charge is 0.379 e. The van der Waals surface area contributed by atoms with Gasteiger partial charge in [0.2, 0.25) is 10.0 Å². The summed E-state index contributed by atoms with van der Waals surface area (Å²) in [5.74, 6) is -0.321. The average Bonchev–Trinajstić information content (AvgIpc) is 2.40. The van der Waals surface area contributed by atoms with Crippen molar-refractivity contribution in [3.8, 4) is 0 Å². The zero-order valence-electron chi connectivity index (χ0n) is 11.2. The van der Waals surface area contributed by atoms with Crippen molar-refractivity contribution in [2.75, 3.05) is 16.3 Å². The van der Waals surface area contributed by atoms with Crippen molar-refractivity contribution in [1.29, 1.82) is 0 Å². The van der Waals surface area contributed by atoms with E-state index in [2.05, 4.69) is 26.0 Å². The van der Waals surface area contributed by atoms with Crippen LogP contribution in [-0.2, 0) is 16.6 Å². The lowest BCUT2D eigenvalue weighted by Crippen LogP contribution is -2.12. The minimum Gasteiger partial charge on any atom is -0.379 e. The second-order valence-corrected chi connectivity index (χ2v) is 7.12. The predicted molar refractivity (Wildman–Crippen MR) is 86.3 cm³/mol. The molecule has 0 fully saturated rings. The minimum atomic E-state index is -3.34. The maximum absolute atomic E-state index is 13.2. The summed E-state index contributed by atoms with van der Waals surface area (Å²) in [6.45, 7) is 0.446. The molecule has 21 heavy (non-hydrogen) atoms. The predicted octanol–water partition coefficient (Wildman–Crippen LogP) is 3.57. The molecule has 2 aromatic rings. The first-order chi connectivity index (χ1) is 9.85. The number of sulfonamides is 1. The first-order valence-corrected chi connectivity index (χ1v) is 8.78. The van der Waals surface area contributed by atoms with Gasteiger partial charge in [0.1, 0.15) is 5.82 Å². The Balaban J connectivity index is 2.14. The van der Waals surface area contributed by atoms with Crippen LogP contribution in [0.15, 0.2) is 46.9 Å². The molecule has 7 heteroatoms. The van der Waals surface area contributed by atoms with E-state index in [-0.39, 0.29) is 5.82 Å². The molecule has 0 aliphatic rings. The van der Waals surface area contributed by atoms with Crippen molar-refractivity contribution in [1.82, 2.24) is 0 Å². The van der Waals surface area contributed by atoms with Crippen molar-refractivity contribution in [2.24, 2.45) is 0 Å². The Labute approximate surface area is 131 Å². The van der Waals surface area contributed by atoms with Gasteiger partial charge in [0.15, 0.2) is 0 Å². The van der Waals surface area contributed by atoms with Crippen LogP contribution in [0.4, 0.5) is 15.8 Å². The van der Waals surface area contributed by atoms with Crippen LogP contribution in [0.1, 0.15) is 5.56 Å². The van der Waals surface area contributed by atoms with Crippen molar-refractivity contribution in [3.05, 3.63) is 58.3 Å². The summed E-state index contributed by atoms with van der Waals surface area (Å²) in [4.78, 5) is 0. The van der Waals surface area contributed by atoms with Gasteiger partial charge in [0, 0.05) is 6.54 Å². The van der Waals surface area contributed by atoms with Gasteiger partial charge in [0.25, 0.3) is 0 Å². The Bertz CT molecular complexity index is 750. The third kappa shape index (κ3) is 4.71. The fourth-order valence-corrected chi connectivity index (χ4v) is 2.78. The summed E-state index contributed by atoms with van der Waals surface area (Å²) in [5, 5.41) is 3.13. The molecule has 2 rings (SSSR count). The van der Waals surface area contributed by atoms with Crippen LogP contribution < -0.4 is 10.0 Å². The fraction of sp³-hybridized carbons (Fsp3) is 0.143. The second-order valence-electron chi connectivity index (χ2n) is 4.52. The number of rotatable bonds is 5. The molecule has 0 atom stereocenters. The molecule has 0 unspecified atom stereocenters. The topological polar surface area (TPSA) is 58.2 Å².